The normalized spacial score (nSPS) is 13.8. The molecule has 0 saturated heterocycles. The van der Waals surface area contributed by atoms with E-state index >= 15 is 0 Å². The lowest BCUT2D eigenvalue weighted by Crippen LogP contribution is -2.43. The third-order valence-corrected chi connectivity index (χ3v) is 4.37. The van der Waals surface area contributed by atoms with Crippen molar-refractivity contribution in [3.05, 3.63) is 35.2 Å². The van der Waals surface area contributed by atoms with E-state index in [-0.39, 0.29) is 6.03 Å². The molecule has 0 spiro atoms. The zero-order valence-corrected chi connectivity index (χ0v) is 16.9. The maximum absolute atomic E-state index is 12.4. The lowest BCUT2D eigenvalue weighted by Gasteiger charge is -2.30. The summed E-state index contributed by atoms with van der Waals surface area (Å²) in [6.45, 7) is 10.3. The van der Waals surface area contributed by atoms with Gasteiger partial charge in [0.2, 0.25) is 0 Å². The molecule has 150 valence electrons. The molecule has 0 atom stereocenters. The molecule has 2 N–H and O–H groups in total. The number of anilines is 1. The van der Waals surface area contributed by atoms with Crippen LogP contribution in [0, 0.1) is 13.8 Å². The number of carbonyl (C=O) groups excluding carboxylic acids is 2. The zero-order valence-electron chi connectivity index (χ0n) is 16.9. The van der Waals surface area contributed by atoms with E-state index in [0.29, 0.717) is 19.6 Å². The molecule has 1 aromatic heterocycles. The molecule has 28 heavy (non-hydrogen) atoms. The molecule has 8 heteroatoms. The van der Waals surface area contributed by atoms with Gasteiger partial charge in [-0.15, -0.1) is 0 Å². The summed E-state index contributed by atoms with van der Waals surface area (Å²) in [7, 11) is 0. The smallest absolute Gasteiger partial charge is 0.407 e. The van der Waals surface area contributed by atoms with Gasteiger partial charge >= 0.3 is 12.1 Å². The van der Waals surface area contributed by atoms with Gasteiger partial charge in [0.05, 0.1) is 5.69 Å². The lowest BCUT2D eigenvalue weighted by atomic mass is 10.00. The number of fused-ring (bicyclic) bond motifs is 1. The number of nitrogens with one attached hydrogen (secondary N) is 2. The summed E-state index contributed by atoms with van der Waals surface area (Å²) in [5.41, 5.74) is 3.95. The Morgan fingerprint density at radius 1 is 1.36 bits per heavy atom. The first-order valence-electron chi connectivity index (χ1n) is 9.23. The van der Waals surface area contributed by atoms with Crippen molar-refractivity contribution in [2.24, 2.45) is 0 Å². The molecule has 1 aliphatic heterocycles. The van der Waals surface area contributed by atoms with Crippen molar-refractivity contribution in [1.29, 1.82) is 0 Å². The molecule has 0 fully saturated rings. The van der Waals surface area contributed by atoms with Crippen LogP contribution in [0.1, 0.15) is 37.8 Å². The number of hydrogen-bond donors (Lipinski definition) is 2. The van der Waals surface area contributed by atoms with Crippen LogP contribution in [0.15, 0.2) is 22.7 Å². The highest BCUT2D eigenvalue weighted by atomic mass is 16.6. The number of aromatic nitrogens is 1. The second-order valence-electron chi connectivity index (χ2n) is 7.85. The predicted octanol–water partition coefficient (Wildman–Crippen LogP) is 3.83. The largest absolute Gasteiger partial charge is 0.444 e. The quantitative estimate of drug-likeness (QED) is 0.832. The number of amides is 3. The van der Waals surface area contributed by atoms with E-state index in [2.05, 4.69) is 15.8 Å². The Labute approximate surface area is 164 Å². The molecule has 1 aliphatic rings. The Bertz CT molecular complexity index is 879. The highest BCUT2D eigenvalue weighted by Crippen LogP contribution is 2.32. The van der Waals surface area contributed by atoms with Crippen molar-refractivity contribution in [2.75, 3.05) is 18.4 Å². The second kappa shape index (κ2) is 7.53. The number of benzene rings is 1. The number of carbonyl (C=O) groups is 2. The van der Waals surface area contributed by atoms with Crippen molar-refractivity contribution in [1.82, 2.24) is 15.4 Å². The molecule has 0 saturated carbocycles. The van der Waals surface area contributed by atoms with E-state index in [0.717, 1.165) is 33.8 Å². The maximum Gasteiger partial charge on any atom is 0.407 e. The van der Waals surface area contributed by atoms with E-state index in [1.165, 1.54) is 0 Å². The average molecular weight is 386 g/mol. The number of urea groups is 1. The van der Waals surface area contributed by atoms with Crippen LogP contribution in [0.4, 0.5) is 15.3 Å². The first-order chi connectivity index (χ1) is 13.1. The lowest BCUT2D eigenvalue weighted by molar-refractivity contribution is 0.0523. The first kappa shape index (κ1) is 19.7. The summed E-state index contributed by atoms with van der Waals surface area (Å²) in [4.78, 5) is 25.8. The van der Waals surface area contributed by atoms with Crippen LogP contribution in [0.3, 0.4) is 0 Å². The summed E-state index contributed by atoms with van der Waals surface area (Å²) in [5.74, 6) is 0.745. The minimum atomic E-state index is -0.551. The molecule has 1 aromatic carbocycles. The van der Waals surface area contributed by atoms with E-state index in [1.807, 2.05) is 32.0 Å². The Morgan fingerprint density at radius 3 is 2.75 bits per heavy atom. The standard InChI is InChI=1S/C20H26N4O4/c1-12-17(13(2)28-23-12)14-6-7-15-11-24(18(25)22-16(15)10-14)9-8-21-19(26)27-20(3,4)5/h6-7,10H,8-9,11H2,1-5H3,(H,21,26)(H,22,25). The van der Waals surface area contributed by atoms with Crippen molar-refractivity contribution in [3.63, 3.8) is 0 Å². The fourth-order valence-electron chi connectivity index (χ4n) is 3.14. The number of ether oxygens (including phenoxy) is 1. The molecule has 2 heterocycles. The third-order valence-electron chi connectivity index (χ3n) is 4.37. The number of alkyl carbamates (subject to hydrolysis) is 1. The molecule has 0 unspecified atom stereocenters. The Balaban J connectivity index is 1.64. The Hall–Kier alpha value is -3.03. The highest BCUT2D eigenvalue weighted by molar-refractivity contribution is 5.93. The van der Waals surface area contributed by atoms with Gasteiger partial charge in [0, 0.05) is 30.9 Å². The Kier molecular flexibility index (Phi) is 5.31. The van der Waals surface area contributed by atoms with Crippen LogP contribution in [-0.4, -0.2) is 40.9 Å². The molecule has 2 aromatic rings. The van der Waals surface area contributed by atoms with Gasteiger partial charge < -0.3 is 24.8 Å². The monoisotopic (exact) mass is 386 g/mol. The van der Waals surface area contributed by atoms with Crippen LogP contribution in [0.5, 0.6) is 0 Å². The number of nitrogens with zero attached hydrogens (tertiary/aromatic N) is 2. The fraction of sp³-hybridized carbons (Fsp3) is 0.450. The van der Waals surface area contributed by atoms with Gasteiger partial charge in [-0.25, -0.2) is 9.59 Å². The maximum atomic E-state index is 12.4. The van der Waals surface area contributed by atoms with Gasteiger partial charge in [0.1, 0.15) is 11.4 Å². The van der Waals surface area contributed by atoms with Gasteiger partial charge in [0.25, 0.3) is 0 Å². The minimum Gasteiger partial charge on any atom is -0.444 e. The minimum absolute atomic E-state index is 0.200. The van der Waals surface area contributed by atoms with Crippen molar-refractivity contribution in [2.45, 2.75) is 46.8 Å². The Morgan fingerprint density at radius 2 is 2.11 bits per heavy atom. The second-order valence-corrected chi connectivity index (χ2v) is 7.85. The van der Waals surface area contributed by atoms with Crippen LogP contribution < -0.4 is 10.6 Å². The van der Waals surface area contributed by atoms with Crippen LogP contribution >= 0.6 is 0 Å². The summed E-state index contributed by atoms with van der Waals surface area (Å²) >= 11 is 0. The summed E-state index contributed by atoms with van der Waals surface area (Å²) in [6, 6.07) is 5.73. The van der Waals surface area contributed by atoms with Gasteiger partial charge in [-0.2, -0.15) is 0 Å². The van der Waals surface area contributed by atoms with Gasteiger partial charge in [-0.05, 0) is 51.8 Å². The van der Waals surface area contributed by atoms with E-state index in [9.17, 15) is 9.59 Å². The van der Waals surface area contributed by atoms with E-state index in [4.69, 9.17) is 9.26 Å². The third kappa shape index (κ3) is 4.44. The fourth-order valence-corrected chi connectivity index (χ4v) is 3.14. The summed E-state index contributed by atoms with van der Waals surface area (Å²) < 4.78 is 10.4. The van der Waals surface area contributed by atoms with Gasteiger partial charge in [0.15, 0.2) is 0 Å². The van der Waals surface area contributed by atoms with E-state index in [1.54, 1.807) is 25.7 Å². The van der Waals surface area contributed by atoms with Crippen molar-refractivity contribution < 1.29 is 18.8 Å². The topological polar surface area (TPSA) is 96.7 Å². The first-order valence-corrected chi connectivity index (χ1v) is 9.23. The van der Waals surface area contributed by atoms with Crippen LogP contribution in [-0.2, 0) is 11.3 Å². The zero-order chi connectivity index (χ0) is 20.5. The average Bonchev–Trinajstić information content (AvgIpc) is 2.92. The number of hydrogen-bond acceptors (Lipinski definition) is 5. The highest BCUT2D eigenvalue weighted by Gasteiger charge is 2.24. The summed E-state index contributed by atoms with van der Waals surface area (Å²) in [6.07, 6.45) is -0.491. The van der Waals surface area contributed by atoms with Gasteiger partial charge in [-0.1, -0.05) is 17.3 Å². The van der Waals surface area contributed by atoms with Crippen LogP contribution in [0.2, 0.25) is 0 Å². The molecular weight excluding hydrogens is 360 g/mol. The SMILES string of the molecule is Cc1noc(C)c1-c1ccc2c(c1)NC(=O)N(CCNC(=O)OC(C)(C)C)C2. The number of rotatable bonds is 4. The van der Waals surface area contributed by atoms with Crippen molar-refractivity contribution >= 4 is 17.8 Å². The summed E-state index contributed by atoms with van der Waals surface area (Å²) in [5, 5.41) is 9.58. The van der Waals surface area contributed by atoms with Crippen molar-refractivity contribution in [3.8, 4) is 11.1 Å². The van der Waals surface area contributed by atoms with Crippen LogP contribution in [0.25, 0.3) is 11.1 Å². The molecular formula is C20H26N4O4. The van der Waals surface area contributed by atoms with Gasteiger partial charge in [-0.3, -0.25) is 0 Å². The molecule has 0 aliphatic carbocycles. The molecule has 3 amide bonds. The van der Waals surface area contributed by atoms with E-state index < -0.39 is 11.7 Å². The number of aryl methyl sites for hydroxylation is 2. The molecule has 0 radical (unpaired) electrons. The molecule has 8 nitrogen and oxygen atoms in total. The molecule has 3 rings (SSSR count). The predicted molar refractivity (Wildman–Crippen MR) is 105 cm³/mol. The molecule has 0 bridgehead atoms.